The second kappa shape index (κ2) is 8.11. The van der Waals surface area contributed by atoms with Crippen LogP contribution in [0.4, 0.5) is 5.69 Å². The van der Waals surface area contributed by atoms with Gasteiger partial charge in [-0.15, -0.1) is 0 Å². The van der Waals surface area contributed by atoms with Crippen LogP contribution in [-0.2, 0) is 0 Å². The molecule has 0 aromatic heterocycles. The highest BCUT2D eigenvalue weighted by atomic mass is 35.5. The van der Waals surface area contributed by atoms with Gasteiger partial charge in [-0.2, -0.15) is 0 Å². The monoisotopic (exact) mass is 371 g/mol. The maximum atomic E-state index is 12.1. The summed E-state index contributed by atoms with van der Waals surface area (Å²) in [5.74, 6) is -0.0823. The van der Waals surface area contributed by atoms with Crippen molar-refractivity contribution < 1.29 is 4.79 Å². The third-order valence-electron chi connectivity index (χ3n) is 4.92. The molecule has 0 aliphatic carbocycles. The number of anilines is 1. The van der Waals surface area contributed by atoms with Gasteiger partial charge in [0.1, 0.15) is 0 Å². The number of rotatable bonds is 4. The minimum atomic E-state index is -0.0823. The van der Waals surface area contributed by atoms with E-state index < -0.39 is 0 Å². The molecule has 1 amide bonds. The van der Waals surface area contributed by atoms with E-state index in [4.69, 9.17) is 11.6 Å². The topological polar surface area (TPSA) is 35.6 Å². The van der Waals surface area contributed by atoms with Crippen molar-refractivity contribution >= 4 is 23.2 Å². The summed E-state index contributed by atoms with van der Waals surface area (Å²) in [7, 11) is 3.45. The molecule has 0 spiro atoms. The Hall–Kier alpha value is -2.04. The summed E-state index contributed by atoms with van der Waals surface area (Å²) in [6, 6.07) is 14.8. The van der Waals surface area contributed by atoms with Crippen LogP contribution >= 0.6 is 11.6 Å². The Morgan fingerprint density at radius 2 is 1.88 bits per heavy atom. The van der Waals surface area contributed by atoms with Crippen molar-refractivity contribution in [3.8, 4) is 11.1 Å². The smallest absolute Gasteiger partial charge is 0.254 e. The second-order valence-electron chi connectivity index (χ2n) is 6.95. The first-order valence-electron chi connectivity index (χ1n) is 9.09. The van der Waals surface area contributed by atoms with E-state index in [0.29, 0.717) is 16.6 Å². The maximum absolute atomic E-state index is 12.1. The summed E-state index contributed by atoms with van der Waals surface area (Å²) in [4.78, 5) is 16.1. The molecule has 3 rings (SSSR count). The van der Waals surface area contributed by atoms with E-state index in [1.165, 1.54) is 10.6 Å². The predicted molar refractivity (Wildman–Crippen MR) is 109 cm³/mol. The van der Waals surface area contributed by atoms with E-state index in [1.54, 1.807) is 20.2 Å². The predicted octanol–water partition coefficient (Wildman–Crippen LogP) is 3.90. The molecule has 0 bridgehead atoms. The number of halogens is 1. The summed E-state index contributed by atoms with van der Waals surface area (Å²) < 4.78 is 0. The quantitative estimate of drug-likeness (QED) is 0.885. The van der Waals surface area contributed by atoms with Crippen LogP contribution < -0.4 is 10.2 Å². The van der Waals surface area contributed by atoms with E-state index in [1.807, 2.05) is 12.1 Å². The van der Waals surface area contributed by atoms with Crippen LogP contribution in [0.3, 0.4) is 0 Å². The van der Waals surface area contributed by atoms with Gasteiger partial charge in [0, 0.05) is 45.5 Å². The van der Waals surface area contributed by atoms with Crippen molar-refractivity contribution in [1.29, 1.82) is 0 Å². The lowest BCUT2D eigenvalue weighted by molar-refractivity contribution is 0.0828. The molecule has 1 saturated heterocycles. The third kappa shape index (κ3) is 4.02. The van der Waals surface area contributed by atoms with Crippen LogP contribution in [0.25, 0.3) is 11.1 Å². The normalized spacial score (nSPS) is 17.2. The highest BCUT2D eigenvalue weighted by molar-refractivity contribution is 6.34. The number of nitrogens with zero attached hydrogens (tertiary/aromatic N) is 2. The van der Waals surface area contributed by atoms with Gasteiger partial charge in [0.2, 0.25) is 0 Å². The van der Waals surface area contributed by atoms with Crippen molar-refractivity contribution in [2.24, 2.45) is 0 Å². The lowest BCUT2D eigenvalue weighted by Gasteiger charge is -2.35. The molecule has 26 heavy (non-hydrogen) atoms. The molecule has 5 heteroatoms. The van der Waals surface area contributed by atoms with Crippen molar-refractivity contribution in [2.45, 2.75) is 19.4 Å². The first-order valence-corrected chi connectivity index (χ1v) is 9.47. The minimum Gasteiger partial charge on any atom is -0.369 e. The van der Waals surface area contributed by atoms with E-state index in [0.717, 1.165) is 37.2 Å². The van der Waals surface area contributed by atoms with Gasteiger partial charge in [0.25, 0.3) is 5.91 Å². The Balaban J connectivity index is 1.78. The van der Waals surface area contributed by atoms with Crippen molar-refractivity contribution in [2.75, 3.05) is 38.6 Å². The first-order chi connectivity index (χ1) is 12.5. The van der Waals surface area contributed by atoms with Crippen LogP contribution in [0.2, 0.25) is 5.02 Å². The number of carbonyl (C=O) groups is 1. The van der Waals surface area contributed by atoms with Gasteiger partial charge in [-0.1, -0.05) is 36.7 Å². The van der Waals surface area contributed by atoms with Gasteiger partial charge >= 0.3 is 0 Å². The zero-order chi connectivity index (χ0) is 18.7. The Morgan fingerprint density at radius 1 is 1.19 bits per heavy atom. The number of carbonyl (C=O) groups excluding carboxylic acids is 1. The zero-order valence-electron chi connectivity index (χ0n) is 15.6. The van der Waals surface area contributed by atoms with Gasteiger partial charge in [0.05, 0.1) is 10.6 Å². The first kappa shape index (κ1) is 18.7. The molecule has 2 aromatic rings. The molecular weight excluding hydrogens is 346 g/mol. The Morgan fingerprint density at radius 3 is 2.50 bits per heavy atom. The molecule has 138 valence electrons. The van der Waals surface area contributed by atoms with Crippen LogP contribution in [0, 0.1) is 0 Å². The van der Waals surface area contributed by atoms with Crippen molar-refractivity contribution in [3.63, 3.8) is 0 Å². The SMILES string of the molecule is CCC1CN(c2ccc(-c3ccc(C(=O)N(C)C)c(Cl)c3)cc2)CCN1. The molecule has 1 aliphatic heterocycles. The highest BCUT2D eigenvalue weighted by Gasteiger charge is 2.18. The molecule has 2 aromatic carbocycles. The Bertz CT molecular complexity index is 773. The fourth-order valence-electron chi connectivity index (χ4n) is 3.31. The molecule has 1 unspecified atom stereocenters. The van der Waals surface area contributed by atoms with Crippen molar-refractivity contribution in [1.82, 2.24) is 10.2 Å². The van der Waals surface area contributed by atoms with Gasteiger partial charge in [-0.25, -0.2) is 0 Å². The highest BCUT2D eigenvalue weighted by Crippen LogP contribution is 2.28. The molecular formula is C21H26ClN3O. The fourth-order valence-corrected chi connectivity index (χ4v) is 3.57. The summed E-state index contributed by atoms with van der Waals surface area (Å²) in [6.07, 6.45) is 1.14. The minimum absolute atomic E-state index is 0.0823. The largest absolute Gasteiger partial charge is 0.369 e. The van der Waals surface area contributed by atoms with Gasteiger partial charge in [-0.3, -0.25) is 4.79 Å². The standard InChI is InChI=1S/C21H26ClN3O/c1-4-17-14-25(12-11-23-17)18-8-5-15(6-9-18)16-7-10-19(20(22)13-16)21(26)24(2)3/h5-10,13,17,23H,4,11-12,14H2,1-3H3. The van der Waals surface area contributed by atoms with E-state index in [2.05, 4.69) is 41.4 Å². The Labute approximate surface area is 160 Å². The lowest BCUT2D eigenvalue weighted by atomic mass is 10.0. The van der Waals surface area contributed by atoms with Crippen LogP contribution in [0.1, 0.15) is 23.7 Å². The molecule has 4 nitrogen and oxygen atoms in total. The number of benzene rings is 2. The lowest BCUT2D eigenvalue weighted by Crippen LogP contribution is -2.50. The van der Waals surface area contributed by atoms with Crippen LogP contribution in [0.15, 0.2) is 42.5 Å². The van der Waals surface area contributed by atoms with Crippen molar-refractivity contribution in [3.05, 3.63) is 53.1 Å². The van der Waals surface area contributed by atoms with E-state index in [-0.39, 0.29) is 5.91 Å². The third-order valence-corrected chi connectivity index (χ3v) is 5.23. The Kier molecular flexibility index (Phi) is 5.84. The number of hydrogen-bond donors (Lipinski definition) is 1. The van der Waals surface area contributed by atoms with Gasteiger partial charge in [-0.05, 0) is 41.8 Å². The number of piperazine rings is 1. The summed E-state index contributed by atoms with van der Waals surface area (Å²) in [5, 5.41) is 4.03. The summed E-state index contributed by atoms with van der Waals surface area (Å²) in [6.45, 7) is 5.32. The van der Waals surface area contributed by atoms with Gasteiger partial charge < -0.3 is 15.1 Å². The summed E-state index contributed by atoms with van der Waals surface area (Å²) in [5.41, 5.74) is 3.90. The number of nitrogens with one attached hydrogen (secondary N) is 1. The average molecular weight is 372 g/mol. The molecule has 0 saturated carbocycles. The molecule has 1 N–H and O–H groups in total. The average Bonchev–Trinajstić information content (AvgIpc) is 2.67. The molecule has 1 fully saturated rings. The number of amides is 1. The summed E-state index contributed by atoms with van der Waals surface area (Å²) >= 11 is 6.34. The fraction of sp³-hybridized carbons (Fsp3) is 0.381. The second-order valence-corrected chi connectivity index (χ2v) is 7.35. The zero-order valence-corrected chi connectivity index (χ0v) is 16.4. The van der Waals surface area contributed by atoms with Crippen LogP contribution in [0.5, 0.6) is 0 Å². The molecule has 0 radical (unpaired) electrons. The molecule has 1 atom stereocenters. The molecule has 1 heterocycles. The maximum Gasteiger partial charge on any atom is 0.254 e. The van der Waals surface area contributed by atoms with E-state index >= 15 is 0 Å². The van der Waals surface area contributed by atoms with Crippen LogP contribution in [-0.4, -0.2) is 50.6 Å². The number of hydrogen-bond acceptors (Lipinski definition) is 3. The van der Waals surface area contributed by atoms with Gasteiger partial charge in [0.15, 0.2) is 0 Å². The molecule has 1 aliphatic rings. The van der Waals surface area contributed by atoms with E-state index in [9.17, 15) is 4.79 Å².